The minimum Gasteiger partial charge on any atom is -0.467 e. The van der Waals surface area contributed by atoms with E-state index in [0.717, 1.165) is 17.8 Å². The molecule has 1 heterocycles. The number of carbonyl (C=O) groups is 1. The molecular weight excluding hydrogens is 150 g/mol. The van der Waals surface area contributed by atoms with Gasteiger partial charge in [-0.25, -0.2) is 4.79 Å². The summed E-state index contributed by atoms with van der Waals surface area (Å²) in [6.45, 7) is 0. The van der Waals surface area contributed by atoms with Crippen molar-refractivity contribution in [2.75, 3.05) is 7.11 Å². The molecule has 0 saturated carbocycles. The van der Waals surface area contributed by atoms with Crippen molar-refractivity contribution in [1.29, 1.82) is 0 Å². The molecule has 0 bridgehead atoms. The van der Waals surface area contributed by atoms with Crippen LogP contribution < -0.4 is 5.32 Å². The Labute approximate surface area is 64.7 Å². The minimum absolute atomic E-state index is 0.197. The second kappa shape index (κ2) is 2.96. The van der Waals surface area contributed by atoms with Crippen LogP contribution in [0, 0.1) is 0 Å². The maximum atomic E-state index is 10.8. The van der Waals surface area contributed by atoms with E-state index < -0.39 is 0 Å². The average molecular weight is 159 g/mol. The Hall–Kier alpha value is -0.640. The lowest BCUT2D eigenvalue weighted by molar-refractivity contribution is -0.142. The first-order chi connectivity index (χ1) is 4.74. The van der Waals surface area contributed by atoms with Crippen LogP contribution in [-0.4, -0.2) is 24.1 Å². The fraction of sp³-hybridized carbons (Fsp3) is 0.667. The molecule has 1 atom stereocenters. The van der Waals surface area contributed by atoms with Crippen LogP contribution in [0.4, 0.5) is 0 Å². The first-order valence-electron chi connectivity index (χ1n) is 3.11. The summed E-state index contributed by atoms with van der Waals surface area (Å²) in [4.78, 5) is 11.6. The summed E-state index contributed by atoms with van der Waals surface area (Å²) in [6, 6.07) is -0.197. The van der Waals surface area contributed by atoms with E-state index in [2.05, 4.69) is 10.1 Å². The maximum Gasteiger partial charge on any atom is 0.328 e. The number of carbonyl (C=O) groups excluding carboxylic acids is 1. The van der Waals surface area contributed by atoms with Crippen molar-refractivity contribution in [3.8, 4) is 0 Å². The summed E-state index contributed by atoms with van der Waals surface area (Å²) in [7, 11) is 1.38. The first-order valence-corrected chi connectivity index (χ1v) is 3.52. The van der Waals surface area contributed by atoms with Crippen LogP contribution in [-0.2, 0) is 9.53 Å². The second-order valence-electron chi connectivity index (χ2n) is 2.18. The quantitative estimate of drug-likeness (QED) is 0.439. The molecule has 0 aromatic rings. The molecule has 3 nitrogen and oxygen atoms in total. The van der Waals surface area contributed by atoms with Crippen molar-refractivity contribution in [2.45, 2.75) is 18.9 Å². The van der Waals surface area contributed by atoms with Crippen LogP contribution in [0.3, 0.4) is 0 Å². The SMILES string of the molecule is COC(=O)[C@@H]1CCC(=S)N1. The molecule has 0 aliphatic carbocycles. The average Bonchev–Trinajstić information content (AvgIpc) is 2.34. The highest BCUT2D eigenvalue weighted by Gasteiger charge is 2.25. The van der Waals surface area contributed by atoms with Crippen molar-refractivity contribution in [1.82, 2.24) is 5.32 Å². The van der Waals surface area contributed by atoms with Crippen LogP contribution >= 0.6 is 12.2 Å². The van der Waals surface area contributed by atoms with Crippen LogP contribution in [0.5, 0.6) is 0 Å². The van der Waals surface area contributed by atoms with Crippen LogP contribution in [0.2, 0.25) is 0 Å². The zero-order valence-corrected chi connectivity index (χ0v) is 6.53. The number of thiocarbonyl (C=S) groups is 1. The number of hydrogen-bond acceptors (Lipinski definition) is 3. The smallest absolute Gasteiger partial charge is 0.328 e. The molecule has 0 aromatic carbocycles. The molecule has 0 unspecified atom stereocenters. The van der Waals surface area contributed by atoms with Gasteiger partial charge < -0.3 is 10.1 Å². The zero-order chi connectivity index (χ0) is 7.56. The summed E-state index contributed by atoms with van der Waals surface area (Å²) < 4.78 is 4.52. The Bertz CT molecular complexity index is 169. The van der Waals surface area contributed by atoms with E-state index in [1.165, 1.54) is 7.11 Å². The van der Waals surface area contributed by atoms with Gasteiger partial charge in [0.2, 0.25) is 0 Å². The molecule has 1 aliphatic rings. The Morgan fingerprint density at radius 2 is 2.60 bits per heavy atom. The van der Waals surface area contributed by atoms with E-state index in [0.29, 0.717) is 0 Å². The predicted octanol–water partition coefficient (Wildman–Crippen LogP) is 0.239. The van der Waals surface area contributed by atoms with Crippen molar-refractivity contribution in [2.24, 2.45) is 0 Å². The van der Waals surface area contributed by atoms with E-state index in [4.69, 9.17) is 12.2 Å². The molecule has 1 aliphatic heterocycles. The number of ether oxygens (including phenoxy) is 1. The van der Waals surface area contributed by atoms with Crippen LogP contribution in [0.15, 0.2) is 0 Å². The summed E-state index contributed by atoms with van der Waals surface area (Å²) in [5, 5.41) is 2.86. The summed E-state index contributed by atoms with van der Waals surface area (Å²) in [6.07, 6.45) is 1.57. The first kappa shape index (κ1) is 7.47. The molecule has 0 aromatic heterocycles. The highest BCUT2D eigenvalue weighted by atomic mass is 32.1. The van der Waals surface area contributed by atoms with Crippen LogP contribution in [0.25, 0.3) is 0 Å². The topological polar surface area (TPSA) is 38.3 Å². The standard InChI is InChI=1S/C6H9NO2S/c1-9-6(8)4-2-3-5(10)7-4/h4H,2-3H2,1H3,(H,7,10)/t4-/m0/s1. The lowest BCUT2D eigenvalue weighted by Crippen LogP contribution is -2.33. The highest BCUT2D eigenvalue weighted by Crippen LogP contribution is 2.08. The number of nitrogens with one attached hydrogen (secondary N) is 1. The Morgan fingerprint density at radius 1 is 1.90 bits per heavy atom. The van der Waals surface area contributed by atoms with Gasteiger partial charge in [0.05, 0.1) is 12.1 Å². The fourth-order valence-electron chi connectivity index (χ4n) is 0.933. The monoisotopic (exact) mass is 159 g/mol. The molecule has 0 spiro atoms. The third kappa shape index (κ3) is 1.44. The Balaban J connectivity index is 2.44. The van der Waals surface area contributed by atoms with Gasteiger partial charge in [0, 0.05) is 6.42 Å². The van der Waals surface area contributed by atoms with Gasteiger partial charge in [-0.15, -0.1) is 0 Å². The molecular formula is C6H9NO2S. The lowest BCUT2D eigenvalue weighted by Gasteiger charge is -2.05. The minimum atomic E-state index is -0.222. The molecule has 10 heavy (non-hydrogen) atoms. The van der Waals surface area contributed by atoms with Gasteiger partial charge in [0.25, 0.3) is 0 Å². The third-order valence-corrected chi connectivity index (χ3v) is 1.80. The lowest BCUT2D eigenvalue weighted by atomic mass is 10.2. The van der Waals surface area contributed by atoms with Gasteiger partial charge in [-0.3, -0.25) is 0 Å². The molecule has 1 rings (SSSR count). The van der Waals surface area contributed by atoms with E-state index in [-0.39, 0.29) is 12.0 Å². The molecule has 4 heteroatoms. The molecule has 1 fully saturated rings. The summed E-state index contributed by atoms with van der Waals surface area (Å²) >= 11 is 4.84. The van der Waals surface area contributed by atoms with E-state index >= 15 is 0 Å². The Morgan fingerprint density at radius 3 is 3.00 bits per heavy atom. The van der Waals surface area contributed by atoms with Crippen molar-refractivity contribution in [3.05, 3.63) is 0 Å². The molecule has 0 amide bonds. The van der Waals surface area contributed by atoms with Gasteiger partial charge in [0.15, 0.2) is 0 Å². The zero-order valence-electron chi connectivity index (χ0n) is 5.72. The van der Waals surface area contributed by atoms with Gasteiger partial charge in [-0.1, -0.05) is 12.2 Å². The third-order valence-electron chi connectivity index (χ3n) is 1.48. The largest absolute Gasteiger partial charge is 0.467 e. The molecule has 56 valence electrons. The van der Waals surface area contributed by atoms with Gasteiger partial charge >= 0.3 is 5.97 Å². The van der Waals surface area contributed by atoms with E-state index in [9.17, 15) is 4.79 Å². The normalized spacial score (nSPS) is 24.1. The summed E-state index contributed by atoms with van der Waals surface area (Å²) in [5.41, 5.74) is 0. The van der Waals surface area contributed by atoms with Crippen molar-refractivity contribution >= 4 is 23.2 Å². The Kier molecular flexibility index (Phi) is 2.21. The molecule has 1 N–H and O–H groups in total. The highest BCUT2D eigenvalue weighted by molar-refractivity contribution is 7.80. The number of methoxy groups -OCH3 is 1. The van der Waals surface area contributed by atoms with Crippen molar-refractivity contribution in [3.63, 3.8) is 0 Å². The fourth-order valence-corrected chi connectivity index (χ4v) is 1.19. The number of hydrogen-bond donors (Lipinski definition) is 1. The molecule has 0 radical (unpaired) electrons. The second-order valence-corrected chi connectivity index (χ2v) is 2.67. The van der Waals surface area contributed by atoms with E-state index in [1.807, 2.05) is 0 Å². The van der Waals surface area contributed by atoms with Gasteiger partial charge in [0.1, 0.15) is 6.04 Å². The van der Waals surface area contributed by atoms with Crippen LogP contribution in [0.1, 0.15) is 12.8 Å². The molecule has 1 saturated heterocycles. The number of esters is 1. The van der Waals surface area contributed by atoms with E-state index in [1.54, 1.807) is 0 Å². The summed E-state index contributed by atoms with van der Waals surface area (Å²) in [5.74, 6) is -0.222. The van der Waals surface area contributed by atoms with Crippen molar-refractivity contribution < 1.29 is 9.53 Å². The van der Waals surface area contributed by atoms with Gasteiger partial charge in [-0.05, 0) is 6.42 Å². The number of rotatable bonds is 1. The maximum absolute atomic E-state index is 10.8. The van der Waals surface area contributed by atoms with Gasteiger partial charge in [-0.2, -0.15) is 0 Å². The predicted molar refractivity (Wildman–Crippen MR) is 40.8 cm³/mol.